The molecule has 0 unspecified atom stereocenters. The second-order valence-electron chi connectivity index (χ2n) is 9.17. The predicted molar refractivity (Wildman–Crippen MR) is 125 cm³/mol. The average molecular weight is 449 g/mol. The van der Waals surface area contributed by atoms with Crippen molar-refractivity contribution < 1.29 is 9.18 Å². The number of piperidine rings is 1. The lowest BCUT2D eigenvalue weighted by molar-refractivity contribution is 0.0705. The second kappa shape index (κ2) is 8.92. The van der Waals surface area contributed by atoms with Crippen molar-refractivity contribution in [2.45, 2.75) is 44.4 Å². The fraction of sp³-hybridized carbons (Fsp3) is 0.440. The monoisotopic (exact) mass is 448 g/mol. The van der Waals surface area contributed by atoms with Crippen molar-refractivity contribution in [2.75, 3.05) is 32.1 Å². The van der Waals surface area contributed by atoms with Crippen molar-refractivity contribution in [1.82, 2.24) is 25.1 Å². The van der Waals surface area contributed by atoms with E-state index in [1.54, 1.807) is 12.1 Å². The Morgan fingerprint density at radius 3 is 2.58 bits per heavy atom. The molecule has 7 nitrogen and oxygen atoms in total. The van der Waals surface area contributed by atoms with E-state index in [0.717, 1.165) is 66.6 Å². The quantitative estimate of drug-likeness (QED) is 0.654. The Balaban J connectivity index is 1.37. The molecule has 3 aromatic rings. The number of carbonyl (C=O) groups excluding carboxylic acids is 1. The highest BCUT2D eigenvalue weighted by Crippen LogP contribution is 2.35. The van der Waals surface area contributed by atoms with Crippen LogP contribution in [0.4, 0.5) is 10.3 Å². The molecule has 0 radical (unpaired) electrons. The molecule has 2 aromatic heterocycles. The fourth-order valence-electron chi connectivity index (χ4n) is 4.93. The van der Waals surface area contributed by atoms with Crippen LogP contribution >= 0.6 is 0 Å². The molecule has 1 aliphatic heterocycles. The molecule has 33 heavy (non-hydrogen) atoms. The van der Waals surface area contributed by atoms with E-state index in [4.69, 9.17) is 4.98 Å². The van der Waals surface area contributed by atoms with E-state index in [9.17, 15) is 9.18 Å². The van der Waals surface area contributed by atoms with E-state index in [2.05, 4.69) is 15.2 Å². The van der Waals surface area contributed by atoms with Crippen LogP contribution in [-0.4, -0.2) is 58.2 Å². The third-order valence-electron chi connectivity index (χ3n) is 6.79. The third-order valence-corrected chi connectivity index (χ3v) is 6.79. The first kappa shape index (κ1) is 21.6. The second-order valence-corrected chi connectivity index (χ2v) is 9.17. The van der Waals surface area contributed by atoms with E-state index < -0.39 is 0 Å². The number of aromatic nitrogens is 4. The number of nitrogens with one attached hydrogen (secondary N) is 1. The van der Waals surface area contributed by atoms with Gasteiger partial charge in [0.15, 0.2) is 5.69 Å². The molecule has 5 rings (SSSR count). The number of benzene rings is 1. The molecule has 1 fully saturated rings. The van der Waals surface area contributed by atoms with Crippen LogP contribution in [0.5, 0.6) is 0 Å². The van der Waals surface area contributed by atoms with Crippen molar-refractivity contribution in [3.05, 3.63) is 58.9 Å². The molecule has 1 amide bonds. The van der Waals surface area contributed by atoms with Gasteiger partial charge < -0.3 is 9.80 Å². The number of carbonyl (C=O) groups is 1. The number of aromatic amines is 1. The molecule has 2 aliphatic rings. The van der Waals surface area contributed by atoms with Crippen LogP contribution in [0.2, 0.25) is 0 Å². The molecule has 172 valence electrons. The Kier molecular flexibility index (Phi) is 5.83. The van der Waals surface area contributed by atoms with Crippen LogP contribution in [0.3, 0.4) is 0 Å². The van der Waals surface area contributed by atoms with E-state index in [1.165, 1.54) is 12.1 Å². The highest BCUT2D eigenvalue weighted by molar-refractivity contribution is 5.94. The molecule has 8 heteroatoms. The number of H-pyrrole nitrogens is 1. The summed E-state index contributed by atoms with van der Waals surface area (Å²) in [5.41, 5.74) is 5.63. The summed E-state index contributed by atoms with van der Waals surface area (Å²) in [4.78, 5) is 26.4. The largest absolute Gasteiger partial charge is 0.347 e. The molecule has 0 atom stereocenters. The maximum atomic E-state index is 13.5. The van der Waals surface area contributed by atoms with Gasteiger partial charge in [0.2, 0.25) is 5.95 Å². The number of hydrogen-bond donors (Lipinski definition) is 1. The van der Waals surface area contributed by atoms with Gasteiger partial charge in [-0.25, -0.2) is 14.4 Å². The molecular formula is C25H29FN6O. The summed E-state index contributed by atoms with van der Waals surface area (Å²) in [6, 6.07) is 6.47. The van der Waals surface area contributed by atoms with Crippen molar-refractivity contribution in [3.63, 3.8) is 0 Å². The van der Waals surface area contributed by atoms with Crippen LogP contribution < -0.4 is 4.90 Å². The van der Waals surface area contributed by atoms with Gasteiger partial charge in [-0.05, 0) is 56.2 Å². The van der Waals surface area contributed by atoms with Crippen molar-refractivity contribution in [1.29, 1.82) is 0 Å². The smallest absolute Gasteiger partial charge is 0.274 e. The molecule has 0 spiro atoms. The molecule has 0 saturated carbocycles. The van der Waals surface area contributed by atoms with E-state index in [1.807, 2.05) is 30.1 Å². The van der Waals surface area contributed by atoms with Gasteiger partial charge in [0.25, 0.3) is 5.91 Å². The van der Waals surface area contributed by atoms with Gasteiger partial charge in [0.05, 0.1) is 5.69 Å². The normalized spacial score (nSPS) is 16.5. The molecule has 0 bridgehead atoms. The van der Waals surface area contributed by atoms with E-state index in [-0.39, 0.29) is 17.6 Å². The molecule has 1 aromatic carbocycles. The maximum absolute atomic E-state index is 13.5. The summed E-state index contributed by atoms with van der Waals surface area (Å²) in [6.45, 7) is 1.32. The number of rotatable bonds is 4. The van der Waals surface area contributed by atoms with Crippen LogP contribution in [0, 0.1) is 5.82 Å². The van der Waals surface area contributed by atoms with Crippen molar-refractivity contribution in [2.24, 2.45) is 0 Å². The molecule has 3 heterocycles. The van der Waals surface area contributed by atoms with Gasteiger partial charge in [-0.1, -0.05) is 12.1 Å². The highest BCUT2D eigenvalue weighted by atomic mass is 19.1. The Labute approximate surface area is 193 Å². The fourth-order valence-corrected chi connectivity index (χ4v) is 4.93. The van der Waals surface area contributed by atoms with Crippen LogP contribution in [0.1, 0.15) is 59.0 Å². The molecule has 1 N–H and O–H groups in total. The zero-order chi connectivity index (χ0) is 22.9. The maximum Gasteiger partial charge on any atom is 0.274 e. The minimum absolute atomic E-state index is 0.0308. The first-order valence-corrected chi connectivity index (χ1v) is 11.7. The summed E-state index contributed by atoms with van der Waals surface area (Å²) < 4.78 is 13.5. The first-order chi connectivity index (χ1) is 16.0. The standard InChI is InChI=1S/C25H29FN6O/c1-31(2)25-27-15-20(16-7-9-18(26)10-8-16)22(28-25)17-11-13-32(14-12-17)24(33)23-19-5-3-4-6-21(19)29-30-23/h7-10,15,17H,3-6,11-14H2,1-2H3,(H,29,30). The number of amides is 1. The summed E-state index contributed by atoms with van der Waals surface area (Å²) in [5, 5.41) is 7.45. The summed E-state index contributed by atoms with van der Waals surface area (Å²) in [5.74, 6) is 0.614. The lowest BCUT2D eigenvalue weighted by Crippen LogP contribution is -2.39. The van der Waals surface area contributed by atoms with E-state index in [0.29, 0.717) is 24.7 Å². The number of aryl methyl sites for hydroxylation is 1. The average Bonchev–Trinajstić information content (AvgIpc) is 3.28. The summed E-state index contributed by atoms with van der Waals surface area (Å²) >= 11 is 0. The Morgan fingerprint density at radius 2 is 1.85 bits per heavy atom. The number of hydrogen-bond acceptors (Lipinski definition) is 5. The van der Waals surface area contributed by atoms with E-state index >= 15 is 0 Å². The van der Waals surface area contributed by atoms with Crippen LogP contribution in [0.25, 0.3) is 11.1 Å². The minimum Gasteiger partial charge on any atom is -0.347 e. The molecule has 1 saturated heterocycles. The van der Waals surface area contributed by atoms with Gasteiger partial charge in [-0.3, -0.25) is 9.89 Å². The topological polar surface area (TPSA) is 78.0 Å². The zero-order valence-electron chi connectivity index (χ0n) is 19.1. The third kappa shape index (κ3) is 4.21. The lowest BCUT2D eigenvalue weighted by Gasteiger charge is -2.32. The summed E-state index contributed by atoms with van der Waals surface area (Å²) in [7, 11) is 3.84. The summed E-state index contributed by atoms with van der Waals surface area (Å²) in [6.07, 6.45) is 7.64. The van der Waals surface area contributed by atoms with Crippen molar-refractivity contribution in [3.8, 4) is 11.1 Å². The number of anilines is 1. The number of halogens is 1. The van der Waals surface area contributed by atoms with Gasteiger partial charge >= 0.3 is 0 Å². The van der Waals surface area contributed by atoms with Gasteiger partial charge in [0.1, 0.15) is 5.82 Å². The molecular weight excluding hydrogens is 419 g/mol. The Hall–Kier alpha value is -3.29. The number of fused-ring (bicyclic) bond motifs is 1. The van der Waals surface area contributed by atoms with Gasteiger partial charge in [0, 0.05) is 56.1 Å². The highest BCUT2D eigenvalue weighted by Gasteiger charge is 2.31. The minimum atomic E-state index is -0.265. The lowest BCUT2D eigenvalue weighted by atomic mass is 9.88. The van der Waals surface area contributed by atoms with Crippen molar-refractivity contribution >= 4 is 11.9 Å². The van der Waals surface area contributed by atoms with Gasteiger partial charge in [-0.2, -0.15) is 5.10 Å². The number of nitrogens with zero attached hydrogens (tertiary/aromatic N) is 5. The number of likely N-dealkylation sites (tertiary alicyclic amines) is 1. The van der Waals surface area contributed by atoms with Crippen LogP contribution in [-0.2, 0) is 12.8 Å². The predicted octanol–water partition coefficient (Wildman–Crippen LogP) is 3.97. The SMILES string of the molecule is CN(C)c1ncc(-c2ccc(F)cc2)c(C2CCN(C(=O)c3n[nH]c4c3CCCC4)CC2)n1. The first-order valence-electron chi connectivity index (χ1n) is 11.7. The van der Waals surface area contributed by atoms with Gasteiger partial charge in [-0.15, -0.1) is 0 Å². The zero-order valence-corrected chi connectivity index (χ0v) is 19.1. The Bertz CT molecular complexity index is 1150. The van der Waals surface area contributed by atoms with Crippen LogP contribution in [0.15, 0.2) is 30.5 Å². The molecule has 1 aliphatic carbocycles. The Morgan fingerprint density at radius 1 is 1.12 bits per heavy atom.